The van der Waals surface area contributed by atoms with E-state index in [1.165, 1.54) is 30.3 Å². The van der Waals surface area contributed by atoms with Crippen LogP contribution in [-0.2, 0) is 19.6 Å². The molecule has 0 aliphatic heterocycles. The Morgan fingerprint density at radius 3 is 2.46 bits per heavy atom. The van der Waals surface area contributed by atoms with Crippen LogP contribution in [0.4, 0.5) is 15.8 Å². The van der Waals surface area contributed by atoms with Gasteiger partial charge < -0.3 is 10.1 Å². The number of hydrogen-bond donors (Lipinski definition) is 1. The largest absolute Gasteiger partial charge is 0.462 e. The third-order valence-electron chi connectivity index (χ3n) is 3.80. The van der Waals surface area contributed by atoms with Crippen LogP contribution in [0.25, 0.3) is 0 Å². The lowest BCUT2D eigenvalue weighted by molar-refractivity contribution is -0.114. The van der Waals surface area contributed by atoms with E-state index in [2.05, 4.69) is 5.32 Å². The highest BCUT2D eigenvalue weighted by Gasteiger charge is 2.21. The van der Waals surface area contributed by atoms with Crippen molar-refractivity contribution < 1.29 is 27.1 Å². The van der Waals surface area contributed by atoms with Gasteiger partial charge in [-0.1, -0.05) is 6.07 Å². The fourth-order valence-corrected chi connectivity index (χ4v) is 3.35. The van der Waals surface area contributed by atoms with Gasteiger partial charge in [0.05, 0.1) is 24.1 Å². The molecule has 7 nitrogen and oxygen atoms in total. The van der Waals surface area contributed by atoms with Crippen LogP contribution < -0.4 is 9.62 Å². The summed E-state index contributed by atoms with van der Waals surface area (Å²) >= 11 is 0. The summed E-state index contributed by atoms with van der Waals surface area (Å²) in [4.78, 5) is 24.2. The second-order valence-corrected chi connectivity index (χ2v) is 7.95. The van der Waals surface area contributed by atoms with Crippen LogP contribution >= 0.6 is 0 Å². The molecule has 0 spiro atoms. The predicted molar refractivity (Wildman–Crippen MR) is 104 cm³/mol. The molecule has 0 aromatic heterocycles. The number of esters is 1. The first-order chi connectivity index (χ1) is 13.1. The summed E-state index contributed by atoms with van der Waals surface area (Å²) in [6, 6.07) is 9.57. The molecule has 0 unspecified atom stereocenters. The van der Waals surface area contributed by atoms with Crippen LogP contribution in [0.5, 0.6) is 0 Å². The Hall–Kier alpha value is -2.94. The quantitative estimate of drug-likeness (QED) is 0.711. The molecule has 0 radical (unpaired) electrons. The van der Waals surface area contributed by atoms with Gasteiger partial charge in [-0.05, 0) is 55.8 Å². The SMILES string of the molecule is CCOC(=O)c1ccc(NC(=O)CN(c2cccc(F)c2)S(C)(=O)=O)c(C)c1. The fourth-order valence-electron chi connectivity index (χ4n) is 2.50. The Balaban J connectivity index is 2.18. The first-order valence-electron chi connectivity index (χ1n) is 8.42. The van der Waals surface area contributed by atoms with Gasteiger partial charge in [-0.2, -0.15) is 0 Å². The maximum absolute atomic E-state index is 13.5. The molecule has 28 heavy (non-hydrogen) atoms. The number of nitrogens with one attached hydrogen (secondary N) is 1. The maximum atomic E-state index is 13.5. The Kier molecular flexibility index (Phi) is 6.74. The van der Waals surface area contributed by atoms with Crippen LogP contribution in [0.1, 0.15) is 22.8 Å². The summed E-state index contributed by atoms with van der Waals surface area (Å²) in [5, 5.41) is 2.60. The molecule has 1 N–H and O–H groups in total. The van der Waals surface area contributed by atoms with E-state index in [0.717, 1.165) is 16.6 Å². The highest BCUT2D eigenvalue weighted by Crippen LogP contribution is 2.20. The Morgan fingerprint density at radius 1 is 1.18 bits per heavy atom. The van der Waals surface area contributed by atoms with Gasteiger partial charge in [-0.15, -0.1) is 0 Å². The number of anilines is 2. The summed E-state index contributed by atoms with van der Waals surface area (Å²) in [7, 11) is -3.81. The number of amides is 1. The average molecular weight is 408 g/mol. The topological polar surface area (TPSA) is 92.8 Å². The summed E-state index contributed by atoms with van der Waals surface area (Å²) in [5.41, 5.74) is 1.42. The van der Waals surface area contributed by atoms with Crippen molar-refractivity contribution in [3.63, 3.8) is 0 Å². The number of sulfonamides is 1. The molecule has 2 aromatic carbocycles. The summed E-state index contributed by atoms with van der Waals surface area (Å²) < 4.78 is 43.3. The minimum Gasteiger partial charge on any atom is -0.462 e. The van der Waals surface area contributed by atoms with Crippen molar-refractivity contribution in [2.75, 3.05) is 29.0 Å². The van der Waals surface area contributed by atoms with E-state index in [1.54, 1.807) is 19.9 Å². The second kappa shape index (κ2) is 8.83. The Labute approximate surface area is 163 Å². The van der Waals surface area contributed by atoms with Gasteiger partial charge in [0.15, 0.2) is 0 Å². The van der Waals surface area contributed by atoms with Gasteiger partial charge >= 0.3 is 5.97 Å². The van der Waals surface area contributed by atoms with Gasteiger partial charge in [-0.3, -0.25) is 9.10 Å². The van der Waals surface area contributed by atoms with E-state index in [-0.39, 0.29) is 12.3 Å². The van der Waals surface area contributed by atoms with E-state index in [0.29, 0.717) is 16.8 Å². The molecule has 0 bridgehead atoms. The molecule has 0 saturated carbocycles. The van der Waals surface area contributed by atoms with Crippen molar-refractivity contribution in [1.82, 2.24) is 0 Å². The standard InChI is InChI=1S/C19H21FN2O5S/c1-4-27-19(24)14-8-9-17(13(2)10-14)21-18(23)12-22(28(3,25)26)16-7-5-6-15(20)11-16/h5-11H,4,12H2,1-3H3,(H,21,23). The number of hydrogen-bond acceptors (Lipinski definition) is 5. The maximum Gasteiger partial charge on any atom is 0.338 e. The minimum atomic E-state index is -3.81. The number of nitrogens with zero attached hydrogens (tertiary/aromatic N) is 1. The summed E-state index contributed by atoms with van der Waals surface area (Å²) in [6.45, 7) is 3.11. The van der Waals surface area contributed by atoms with E-state index in [9.17, 15) is 22.4 Å². The van der Waals surface area contributed by atoms with E-state index in [4.69, 9.17) is 4.74 Å². The molecule has 0 atom stereocenters. The monoisotopic (exact) mass is 408 g/mol. The number of carbonyl (C=O) groups excluding carboxylic acids is 2. The van der Waals surface area contributed by atoms with Crippen molar-refractivity contribution in [3.8, 4) is 0 Å². The molecule has 1 amide bonds. The molecular formula is C19H21FN2O5S. The van der Waals surface area contributed by atoms with E-state index >= 15 is 0 Å². The number of rotatable bonds is 7. The average Bonchev–Trinajstić information content (AvgIpc) is 2.60. The lowest BCUT2D eigenvalue weighted by Gasteiger charge is -2.22. The van der Waals surface area contributed by atoms with Crippen LogP contribution in [0.2, 0.25) is 0 Å². The molecule has 9 heteroatoms. The highest BCUT2D eigenvalue weighted by molar-refractivity contribution is 7.92. The zero-order chi connectivity index (χ0) is 20.9. The molecule has 150 valence electrons. The zero-order valence-electron chi connectivity index (χ0n) is 15.7. The minimum absolute atomic E-state index is 0.0482. The van der Waals surface area contributed by atoms with Gasteiger partial charge in [0, 0.05) is 5.69 Å². The van der Waals surface area contributed by atoms with Crippen molar-refractivity contribution in [2.45, 2.75) is 13.8 Å². The number of benzene rings is 2. The second-order valence-electron chi connectivity index (χ2n) is 6.05. The molecule has 2 rings (SSSR count). The van der Waals surface area contributed by atoms with E-state index < -0.39 is 34.3 Å². The number of aryl methyl sites for hydroxylation is 1. The highest BCUT2D eigenvalue weighted by atomic mass is 32.2. The summed E-state index contributed by atoms with van der Waals surface area (Å²) in [5.74, 6) is -1.70. The van der Waals surface area contributed by atoms with Crippen molar-refractivity contribution >= 4 is 33.3 Å². The normalized spacial score (nSPS) is 11.0. The molecule has 0 saturated heterocycles. The summed E-state index contributed by atoms with van der Waals surface area (Å²) in [6.07, 6.45) is 0.935. The van der Waals surface area contributed by atoms with E-state index in [1.807, 2.05) is 0 Å². The molecule has 0 aliphatic rings. The molecule has 0 aliphatic carbocycles. The lowest BCUT2D eigenvalue weighted by Crippen LogP contribution is -2.37. The predicted octanol–water partition coefficient (Wildman–Crippen LogP) is 2.72. The third-order valence-corrected chi connectivity index (χ3v) is 4.94. The fraction of sp³-hybridized carbons (Fsp3) is 0.263. The van der Waals surface area contributed by atoms with Gasteiger partial charge in [0.25, 0.3) is 0 Å². The van der Waals surface area contributed by atoms with Gasteiger partial charge in [0.1, 0.15) is 12.4 Å². The molecular weight excluding hydrogens is 387 g/mol. The Bertz CT molecular complexity index is 992. The first-order valence-corrected chi connectivity index (χ1v) is 10.3. The van der Waals surface area contributed by atoms with Crippen molar-refractivity contribution in [3.05, 3.63) is 59.4 Å². The number of ether oxygens (including phenoxy) is 1. The van der Waals surface area contributed by atoms with Crippen LogP contribution in [-0.4, -0.2) is 39.7 Å². The van der Waals surface area contributed by atoms with Crippen LogP contribution in [0.3, 0.4) is 0 Å². The van der Waals surface area contributed by atoms with Gasteiger partial charge in [-0.25, -0.2) is 17.6 Å². The van der Waals surface area contributed by atoms with Gasteiger partial charge in [0.2, 0.25) is 15.9 Å². The van der Waals surface area contributed by atoms with Crippen LogP contribution in [0.15, 0.2) is 42.5 Å². The van der Waals surface area contributed by atoms with Crippen molar-refractivity contribution in [1.29, 1.82) is 0 Å². The van der Waals surface area contributed by atoms with Crippen molar-refractivity contribution in [2.24, 2.45) is 0 Å². The lowest BCUT2D eigenvalue weighted by atomic mass is 10.1. The zero-order valence-corrected chi connectivity index (χ0v) is 16.5. The van der Waals surface area contributed by atoms with Crippen LogP contribution in [0, 0.1) is 12.7 Å². The number of carbonyl (C=O) groups is 2. The molecule has 2 aromatic rings. The molecule has 0 heterocycles. The Morgan fingerprint density at radius 2 is 1.89 bits per heavy atom. The number of halogens is 1. The smallest absolute Gasteiger partial charge is 0.338 e. The first kappa shape index (κ1) is 21.4. The third kappa shape index (κ3) is 5.53. The molecule has 0 fully saturated rings.